The Morgan fingerprint density at radius 2 is 1.76 bits per heavy atom. The minimum absolute atomic E-state index is 0.0164. The van der Waals surface area contributed by atoms with Crippen LogP contribution in [0.25, 0.3) is 16.5 Å². The number of nitrogens with one attached hydrogen (secondary N) is 1. The monoisotopic (exact) mass is 472 g/mol. The first-order valence-electron chi connectivity index (χ1n) is 9.11. The van der Waals surface area contributed by atoms with Crippen molar-refractivity contribution in [1.29, 1.82) is 0 Å². The number of aromatic nitrogens is 2. The zero-order chi connectivity index (χ0) is 20.5. The highest BCUT2D eigenvalue weighted by atomic mass is 79.9. The second-order valence-electron chi connectivity index (χ2n) is 6.78. The van der Waals surface area contributed by atoms with E-state index in [0.29, 0.717) is 57.9 Å². The third-order valence-corrected chi connectivity index (χ3v) is 5.96. The lowest BCUT2D eigenvalue weighted by Gasteiger charge is -2.35. The number of halogens is 2. The van der Waals surface area contributed by atoms with Crippen LogP contribution >= 0.6 is 27.5 Å². The van der Waals surface area contributed by atoms with Gasteiger partial charge in [-0.3, -0.25) is 9.59 Å². The van der Waals surface area contributed by atoms with Gasteiger partial charge in [-0.1, -0.05) is 36.4 Å². The molecule has 1 fully saturated rings. The highest BCUT2D eigenvalue weighted by Crippen LogP contribution is 2.34. The molecule has 8 heteroatoms. The summed E-state index contributed by atoms with van der Waals surface area (Å²) in [5.41, 5.74) is 2.39. The first-order chi connectivity index (χ1) is 14.0. The van der Waals surface area contributed by atoms with E-state index in [4.69, 9.17) is 11.6 Å². The maximum absolute atomic E-state index is 13.0. The van der Waals surface area contributed by atoms with Gasteiger partial charge in [0.25, 0.3) is 11.8 Å². The molecule has 0 radical (unpaired) electrons. The van der Waals surface area contributed by atoms with Crippen LogP contribution in [0.15, 0.2) is 53.9 Å². The molecule has 6 nitrogen and oxygen atoms in total. The standard InChI is InChI=1S/C21H18BrClN4O2/c1-13(15-11-24-18-17(15)16(23)12-25-19(18)22)20(28)26-7-9-27(10-8-26)21(29)14-5-3-2-4-6-14/h2-6,11-12,24H,1,7-10H2. The summed E-state index contributed by atoms with van der Waals surface area (Å²) >= 11 is 9.69. The predicted octanol–water partition coefficient (Wildman–Crippen LogP) is 3.98. The van der Waals surface area contributed by atoms with Crippen LogP contribution < -0.4 is 0 Å². The molecule has 29 heavy (non-hydrogen) atoms. The van der Waals surface area contributed by atoms with E-state index in [1.807, 2.05) is 18.2 Å². The molecule has 148 valence electrons. The topological polar surface area (TPSA) is 69.3 Å². The molecule has 0 saturated carbocycles. The average Bonchev–Trinajstić information content (AvgIpc) is 3.22. The van der Waals surface area contributed by atoms with Gasteiger partial charge in [-0.25, -0.2) is 4.98 Å². The molecule has 3 heterocycles. The van der Waals surface area contributed by atoms with Crippen molar-refractivity contribution >= 4 is 55.8 Å². The van der Waals surface area contributed by atoms with Crippen LogP contribution in [0.3, 0.4) is 0 Å². The van der Waals surface area contributed by atoms with Gasteiger partial charge < -0.3 is 14.8 Å². The van der Waals surface area contributed by atoms with Gasteiger partial charge in [0.05, 0.1) is 10.5 Å². The number of pyridine rings is 1. The van der Waals surface area contributed by atoms with Gasteiger partial charge in [0.15, 0.2) is 0 Å². The average molecular weight is 474 g/mol. The van der Waals surface area contributed by atoms with Crippen LogP contribution in [0.1, 0.15) is 15.9 Å². The van der Waals surface area contributed by atoms with Gasteiger partial charge >= 0.3 is 0 Å². The smallest absolute Gasteiger partial charge is 0.254 e. The molecule has 2 amide bonds. The molecule has 0 aliphatic carbocycles. The Labute approximate surface area is 181 Å². The number of nitrogens with zero attached hydrogens (tertiary/aromatic N) is 3. The summed E-state index contributed by atoms with van der Waals surface area (Å²) in [6, 6.07) is 9.17. The molecule has 2 aromatic heterocycles. The molecule has 1 aromatic carbocycles. The summed E-state index contributed by atoms with van der Waals surface area (Å²) in [7, 11) is 0. The van der Waals surface area contributed by atoms with E-state index in [2.05, 4.69) is 32.5 Å². The Hall–Kier alpha value is -2.64. The molecule has 1 aliphatic rings. The Balaban J connectivity index is 1.47. The largest absolute Gasteiger partial charge is 0.358 e. The minimum Gasteiger partial charge on any atom is -0.358 e. The van der Waals surface area contributed by atoms with Gasteiger partial charge in [0, 0.05) is 60.7 Å². The number of piperazine rings is 1. The van der Waals surface area contributed by atoms with Crippen LogP contribution in [0.4, 0.5) is 0 Å². The lowest BCUT2D eigenvalue weighted by Crippen LogP contribution is -2.50. The number of hydrogen-bond acceptors (Lipinski definition) is 3. The van der Waals surface area contributed by atoms with Crippen molar-refractivity contribution in [3.8, 4) is 0 Å². The maximum Gasteiger partial charge on any atom is 0.254 e. The highest BCUT2D eigenvalue weighted by molar-refractivity contribution is 9.10. The molecular weight excluding hydrogens is 456 g/mol. The van der Waals surface area contributed by atoms with E-state index in [1.165, 1.54) is 6.20 Å². The number of fused-ring (bicyclic) bond motifs is 1. The molecule has 0 spiro atoms. The SMILES string of the molecule is C=C(C(=O)N1CCN(C(=O)c2ccccc2)CC1)c1c[nH]c2c(Br)ncc(Cl)c12. The highest BCUT2D eigenvalue weighted by Gasteiger charge is 2.27. The predicted molar refractivity (Wildman–Crippen MR) is 117 cm³/mol. The summed E-state index contributed by atoms with van der Waals surface area (Å²) in [5, 5.41) is 1.16. The zero-order valence-electron chi connectivity index (χ0n) is 15.5. The fourth-order valence-corrected chi connectivity index (χ4v) is 4.16. The van der Waals surface area contributed by atoms with E-state index in [-0.39, 0.29) is 11.8 Å². The van der Waals surface area contributed by atoms with Gasteiger partial charge in [0.1, 0.15) is 4.60 Å². The van der Waals surface area contributed by atoms with Crippen molar-refractivity contribution in [2.24, 2.45) is 0 Å². The number of carbonyl (C=O) groups excluding carboxylic acids is 2. The molecule has 0 unspecified atom stereocenters. The van der Waals surface area contributed by atoms with E-state index in [1.54, 1.807) is 28.1 Å². The lowest BCUT2D eigenvalue weighted by atomic mass is 10.1. The van der Waals surface area contributed by atoms with Crippen LogP contribution in [0.5, 0.6) is 0 Å². The Bertz CT molecular complexity index is 1100. The van der Waals surface area contributed by atoms with E-state index >= 15 is 0 Å². The number of aromatic amines is 1. The second-order valence-corrected chi connectivity index (χ2v) is 7.94. The molecule has 1 aliphatic heterocycles. The van der Waals surface area contributed by atoms with Crippen molar-refractivity contribution in [2.75, 3.05) is 26.2 Å². The zero-order valence-corrected chi connectivity index (χ0v) is 17.8. The summed E-state index contributed by atoms with van der Waals surface area (Å²) in [4.78, 5) is 36.4. The molecule has 0 bridgehead atoms. The third-order valence-electron chi connectivity index (χ3n) is 5.07. The Morgan fingerprint density at radius 1 is 1.10 bits per heavy atom. The summed E-state index contributed by atoms with van der Waals surface area (Å²) in [6.45, 7) is 5.89. The van der Waals surface area contributed by atoms with Crippen LogP contribution in [0, 0.1) is 0 Å². The Morgan fingerprint density at radius 3 is 2.45 bits per heavy atom. The molecule has 1 N–H and O–H groups in total. The number of H-pyrrole nitrogens is 1. The summed E-state index contributed by atoms with van der Waals surface area (Å²) in [5.74, 6) is -0.181. The molecule has 1 saturated heterocycles. The molecule has 3 aromatic rings. The number of hydrogen-bond donors (Lipinski definition) is 1. The van der Waals surface area contributed by atoms with E-state index in [0.717, 1.165) is 5.52 Å². The summed E-state index contributed by atoms with van der Waals surface area (Å²) < 4.78 is 0.622. The van der Waals surface area contributed by atoms with Crippen molar-refractivity contribution < 1.29 is 9.59 Å². The minimum atomic E-state index is -0.165. The maximum atomic E-state index is 13.0. The molecule has 4 rings (SSSR count). The second kappa shape index (κ2) is 8.00. The van der Waals surface area contributed by atoms with E-state index < -0.39 is 0 Å². The van der Waals surface area contributed by atoms with Crippen LogP contribution in [0.2, 0.25) is 5.02 Å². The van der Waals surface area contributed by atoms with Crippen molar-refractivity contribution in [2.45, 2.75) is 0 Å². The fourth-order valence-electron chi connectivity index (χ4n) is 3.50. The first kappa shape index (κ1) is 19.7. The number of rotatable bonds is 3. The number of carbonyl (C=O) groups is 2. The number of amides is 2. The van der Waals surface area contributed by atoms with Gasteiger partial charge in [-0.2, -0.15) is 0 Å². The van der Waals surface area contributed by atoms with Crippen LogP contribution in [-0.2, 0) is 4.79 Å². The molecular formula is C21H18BrClN4O2. The quantitative estimate of drug-likeness (QED) is 0.462. The first-order valence-corrected chi connectivity index (χ1v) is 10.3. The van der Waals surface area contributed by atoms with Crippen molar-refractivity contribution in [1.82, 2.24) is 19.8 Å². The number of benzene rings is 1. The fraction of sp³-hybridized carbons (Fsp3) is 0.190. The lowest BCUT2D eigenvalue weighted by molar-refractivity contribution is -0.126. The Kier molecular flexibility index (Phi) is 5.43. The molecule has 0 atom stereocenters. The van der Waals surface area contributed by atoms with Crippen molar-refractivity contribution in [3.63, 3.8) is 0 Å². The summed E-state index contributed by atoms with van der Waals surface area (Å²) in [6.07, 6.45) is 3.26. The third kappa shape index (κ3) is 3.68. The van der Waals surface area contributed by atoms with E-state index in [9.17, 15) is 9.59 Å². The van der Waals surface area contributed by atoms with Gasteiger partial charge in [-0.15, -0.1) is 0 Å². The van der Waals surface area contributed by atoms with Gasteiger partial charge in [-0.05, 0) is 28.1 Å². The normalized spacial score (nSPS) is 14.3. The van der Waals surface area contributed by atoms with Crippen LogP contribution in [-0.4, -0.2) is 57.8 Å². The van der Waals surface area contributed by atoms with Gasteiger partial charge in [0.2, 0.25) is 0 Å². The van der Waals surface area contributed by atoms with Crippen molar-refractivity contribution in [3.05, 3.63) is 70.1 Å².